The maximum atomic E-state index is 13.7. The average Bonchev–Trinajstić information content (AvgIpc) is 3.35. The van der Waals surface area contributed by atoms with Crippen molar-refractivity contribution >= 4 is 29.2 Å². The van der Waals surface area contributed by atoms with Crippen molar-refractivity contribution in [1.29, 1.82) is 0 Å². The Bertz CT molecular complexity index is 1200. The topological polar surface area (TPSA) is 79.3 Å². The maximum Gasteiger partial charge on any atom is 0.303 e. The molecule has 5 nitrogen and oxygen atoms in total. The summed E-state index contributed by atoms with van der Waals surface area (Å²) in [5, 5.41) is 13.0. The first-order valence-corrected chi connectivity index (χ1v) is 12.5. The lowest BCUT2D eigenvalue weighted by atomic mass is 9.83. The van der Waals surface area contributed by atoms with E-state index in [2.05, 4.69) is 10.3 Å². The molecule has 2 aromatic carbocycles. The zero-order valence-corrected chi connectivity index (χ0v) is 20.9. The van der Waals surface area contributed by atoms with E-state index in [1.54, 1.807) is 12.4 Å². The molecule has 6 heteroatoms. The van der Waals surface area contributed by atoms with Gasteiger partial charge in [0.1, 0.15) is 0 Å². The number of halogens is 1. The number of nitrogens with zero attached hydrogens (tertiary/aromatic N) is 1. The molecule has 1 amide bonds. The van der Waals surface area contributed by atoms with Gasteiger partial charge in [-0.1, -0.05) is 67.8 Å². The van der Waals surface area contributed by atoms with Crippen LogP contribution in [0.1, 0.15) is 67.6 Å². The van der Waals surface area contributed by atoms with Gasteiger partial charge >= 0.3 is 5.97 Å². The van der Waals surface area contributed by atoms with Gasteiger partial charge in [-0.15, -0.1) is 0 Å². The molecule has 0 aliphatic heterocycles. The Labute approximate surface area is 211 Å². The number of hydrogen-bond donors (Lipinski definition) is 2. The Kier molecular flexibility index (Phi) is 7.86. The number of carbonyl (C=O) groups is 2. The summed E-state index contributed by atoms with van der Waals surface area (Å²) in [6, 6.07) is 15.7. The van der Waals surface area contributed by atoms with E-state index in [-0.39, 0.29) is 24.2 Å². The molecule has 1 aromatic heterocycles. The number of carboxylic acid groups (broad SMARTS) is 1. The number of benzene rings is 2. The predicted molar refractivity (Wildman–Crippen MR) is 140 cm³/mol. The molecule has 1 saturated carbocycles. The summed E-state index contributed by atoms with van der Waals surface area (Å²) in [7, 11) is 0. The molecule has 1 fully saturated rings. The van der Waals surface area contributed by atoms with Crippen molar-refractivity contribution in [3.05, 3.63) is 82.6 Å². The lowest BCUT2D eigenvalue weighted by molar-refractivity contribution is -0.137. The minimum Gasteiger partial charge on any atom is -0.481 e. The Hall–Kier alpha value is -3.18. The standard InChI is InChI=1S/C29H31ClN2O3/c1-18(14-27(33)34)25-8-5-9-26(19(25)2)32-29(35)28(21-6-3-4-7-21)22-12-10-20(11-13-22)23-15-24(30)17-31-16-23/h5,8-13,15-18,21,28H,3-4,6-7,14H2,1-2H3,(H,32,35)(H,33,34)/t18-,28-/m0/s1. The van der Waals surface area contributed by atoms with Crippen LogP contribution in [0.3, 0.4) is 0 Å². The highest BCUT2D eigenvalue weighted by molar-refractivity contribution is 6.30. The van der Waals surface area contributed by atoms with Crippen molar-refractivity contribution < 1.29 is 14.7 Å². The molecular formula is C29H31ClN2O3. The first-order chi connectivity index (χ1) is 16.8. The highest BCUT2D eigenvalue weighted by Crippen LogP contribution is 2.39. The Balaban J connectivity index is 1.60. The third-order valence-electron chi connectivity index (χ3n) is 7.11. The molecule has 3 aromatic rings. The van der Waals surface area contributed by atoms with Crippen LogP contribution in [0.5, 0.6) is 0 Å². The van der Waals surface area contributed by atoms with E-state index in [4.69, 9.17) is 11.6 Å². The van der Waals surface area contributed by atoms with Gasteiger partial charge in [0.2, 0.25) is 5.91 Å². The first kappa shape index (κ1) is 24.9. The van der Waals surface area contributed by atoms with Crippen LogP contribution < -0.4 is 5.32 Å². The molecular weight excluding hydrogens is 460 g/mol. The quantitative estimate of drug-likeness (QED) is 0.350. The lowest BCUT2D eigenvalue weighted by Gasteiger charge is -2.25. The van der Waals surface area contributed by atoms with Crippen molar-refractivity contribution in [2.24, 2.45) is 5.92 Å². The highest BCUT2D eigenvalue weighted by atomic mass is 35.5. The fraction of sp³-hybridized carbons (Fsp3) is 0.345. The van der Waals surface area contributed by atoms with Gasteiger partial charge in [0.05, 0.1) is 17.4 Å². The van der Waals surface area contributed by atoms with Crippen LogP contribution in [0.2, 0.25) is 5.02 Å². The number of nitrogens with one attached hydrogen (secondary N) is 1. The smallest absolute Gasteiger partial charge is 0.303 e. The summed E-state index contributed by atoms with van der Waals surface area (Å²) in [5.74, 6) is -0.931. The molecule has 4 rings (SSSR count). The fourth-order valence-corrected chi connectivity index (χ4v) is 5.46. The van der Waals surface area contributed by atoms with E-state index in [1.165, 1.54) is 0 Å². The lowest BCUT2D eigenvalue weighted by Crippen LogP contribution is -2.27. The Morgan fingerprint density at radius 3 is 2.46 bits per heavy atom. The van der Waals surface area contributed by atoms with E-state index in [1.807, 2.05) is 62.4 Å². The second kappa shape index (κ2) is 11.0. The van der Waals surface area contributed by atoms with Crippen LogP contribution in [0.15, 0.2) is 60.9 Å². The largest absolute Gasteiger partial charge is 0.481 e. The number of amides is 1. The van der Waals surface area contributed by atoms with E-state index in [0.717, 1.165) is 59.2 Å². The molecule has 0 unspecified atom stereocenters. The number of aromatic nitrogens is 1. The second-order valence-corrected chi connectivity index (χ2v) is 9.98. The number of aliphatic carboxylic acids is 1. The van der Waals surface area contributed by atoms with Crippen LogP contribution in [-0.4, -0.2) is 22.0 Å². The molecule has 1 aliphatic carbocycles. The second-order valence-electron chi connectivity index (χ2n) is 9.54. The molecule has 0 radical (unpaired) electrons. The third kappa shape index (κ3) is 5.91. The number of carboxylic acids is 1. The third-order valence-corrected chi connectivity index (χ3v) is 7.31. The summed E-state index contributed by atoms with van der Waals surface area (Å²) in [6.45, 7) is 3.85. The van der Waals surface area contributed by atoms with Crippen LogP contribution in [0.25, 0.3) is 11.1 Å². The number of pyridine rings is 1. The predicted octanol–water partition coefficient (Wildman–Crippen LogP) is 7.20. The molecule has 35 heavy (non-hydrogen) atoms. The van der Waals surface area contributed by atoms with Gasteiger partial charge < -0.3 is 10.4 Å². The van der Waals surface area contributed by atoms with Crippen molar-refractivity contribution in [2.75, 3.05) is 5.32 Å². The van der Waals surface area contributed by atoms with Gasteiger partial charge in [0.25, 0.3) is 0 Å². The Morgan fingerprint density at radius 1 is 1.09 bits per heavy atom. The van der Waals surface area contributed by atoms with E-state index < -0.39 is 5.97 Å². The molecule has 0 spiro atoms. The first-order valence-electron chi connectivity index (χ1n) is 12.2. The van der Waals surface area contributed by atoms with Crippen LogP contribution in [-0.2, 0) is 9.59 Å². The Morgan fingerprint density at radius 2 is 1.80 bits per heavy atom. The minimum absolute atomic E-state index is 0.0137. The van der Waals surface area contributed by atoms with Crippen LogP contribution in [0.4, 0.5) is 5.69 Å². The zero-order chi connectivity index (χ0) is 24.9. The van der Waals surface area contributed by atoms with E-state index in [0.29, 0.717) is 10.9 Å². The van der Waals surface area contributed by atoms with Crippen LogP contribution in [0, 0.1) is 12.8 Å². The van der Waals surface area contributed by atoms with Crippen molar-refractivity contribution in [3.63, 3.8) is 0 Å². The summed E-state index contributed by atoms with van der Waals surface area (Å²) in [5.41, 5.74) is 5.56. The van der Waals surface area contributed by atoms with Gasteiger partial charge in [-0.3, -0.25) is 14.6 Å². The number of anilines is 1. The van der Waals surface area contributed by atoms with Crippen molar-refractivity contribution in [2.45, 2.75) is 57.8 Å². The molecule has 182 valence electrons. The molecule has 0 saturated heterocycles. The van der Waals surface area contributed by atoms with Crippen LogP contribution >= 0.6 is 11.6 Å². The summed E-state index contributed by atoms with van der Waals surface area (Å²) >= 11 is 6.10. The SMILES string of the molecule is Cc1c(NC(=O)[C@H](c2ccc(-c3cncc(Cl)c3)cc2)C2CCCC2)cccc1[C@@H](C)CC(=O)O. The molecule has 0 bridgehead atoms. The fourth-order valence-electron chi connectivity index (χ4n) is 5.29. The van der Waals surface area contributed by atoms with E-state index >= 15 is 0 Å². The van der Waals surface area contributed by atoms with Gasteiger partial charge in [-0.2, -0.15) is 0 Å². The monoisotopic (exact) mass is 490 g/mol. The summed E-state index contributed by atoms with van der Waals surface area (Å²) in [4.78, 5) is 29.1. The van der Waals surface area contributed by atoms with Gasteiger partial charge in [-0.25, -0.2) is 0 Å². The van der Waals surface area contributed by atoms with Crippen molar-refractivity contribution in [3.8, 4) is 11.1 Å². The average molecular weight is 491 g/mol. The summed E-state index contributed by atoms with van der Waals surface area (Å²) < 4.78 is 0. The minimum atomic E-state index is -0.829. The molecule has 2 atom stereocenters. The van der Waals surface area contributed by atoms with Gasteiger partial charge in [0.15, 0.2) is 0 Å². The maximum absolute atomic E-state index is 13.7. The van der Waals surface area contributed by atoms with Gasteiger partial charge in [-0.05, 0) is 66.0 Å². The van der Waals surface area contributed by atoms with Crippen molar-refractivity contribution in [1.82, 2.24) is 4.98 Å². The molecule has 1 heterocycles. The van der Waals surface area contributed by atoms with Gasteiger partial charge in [0, 0.05) is 23.6 Å². The van der Waals surface area contributed by atoms with E-state index in [9.17, 15) is 14.7 Å². The number of rotatable bonds is 8. The number of carbonyl (C=O) groups excluding carboxylic acids is 1. The molecule has 1 aliphatic rings. The molecule has 2 N–H and O–H groups in total. The normalized spacial score (nSPS) is 15.5. The summed E-state index contributed by atoms with van der Waals surface area (Å²) in [6.07, 6.45) is 7.79. The number of hydrogen-bond acceptors (Lipinski definition) is 3. The highest BCUT2D eigenvalue weighted by Gasteiger charge is 2.32. The zero-order valence-electron chi connectivity index (χ0n) is 20.1.